The predicted octanol–water partition coefficient (Wildman–Crippen LogP) is 3.51. The molecule has 0 radical (unpaired) electrons. The lowest BCUT2D eigenvalue weighted by molar-refractivity contribution is -0.117. The smallest absolute Gasteiger partial charge is 0.254 e. The van der Waals surface area contributed by atoms with Gasteiger partial charge < -0.3 is 14.7 Å². The number of unbranched alkanes of at least 4 members (excludes halogenated alkanes) is 1. The van der Waals surface area contributed by atoms with E-state index in [0.717, 1.165) is 19.3 Å². The highest BCUT2D eigenvalue weighted by atomic mass is 16.5. The summed E-state index contributed by atoms with van der Waals surface area (Å²) in [6, 6.07) is 9.08. The van der Waals surface area contributed by atoms with E-state index in [9.17, 15) is 9.59 Å². The average molecular weight is 343 g/mol. The molecule has 25 heavy (non-hydrogen) atoms. The fourth-order valence-corrected chi connectivity index (χ4v) is 2.46. The summed E-state index contributed by atoms with van der Waals surface area (Å²) in [4.78, 5) is 26.4. The quantitative estimate of drug-likeness (QED) is 0.796. The van der Waals surface area contributed by atoms with Crippen LogP contribution in [0, 0.1) is 0 Å². The molecule has 0 saturated heterocycles. The number of carbonyl (C=O) groups excluding carboxylic acids is 2. The molecule has 0 atom stereocenters. The van der Waals surface area contributed by atoms with E-state index < -0.39 is 0 Å². The van der Waals surface area contributed by atoms with Crippen LogP contribution in [0.25, 0.3) is 0 Å². The molecule has 2 amide bonds. The number of hydrogen-bond acceptors (Lipinski definition) is 4. The summed E-state index contributed by atoms with van der Waals surface area (Å²) in [5, 5.41) is 6.24. The first kappa shape index (κ1) is 18.7. The molecule has 0 fully saturated rings. The lowest BCUT2D eigenvalue weighted by atomic mass is 10.1. The minimum atomic E-state index is -0.310. The van der Waals surface area contributed by atoms with Crippen LogP contribution >= 0.6 is 0 Å². The zero-order chi connectivity index (χ0) is 18.2. The topological polar surface area (TPSA) is 75.4 Å². The van der Waals surface area contributed by atoms with Crippen molar-refractivity contribution in [2.24, 2.45) is 0 Å². The Morgan fingerprint density at radius 1 is 1.20 bits per heavy atom. The van der Waals surface area contributed by atoms with Crippen molar-refractivity contribution in [3.05, 3.63) is 47.7 Å². The summed E-state index contributed by atoms with van der Waals surface area (Å²) in [5.41, 5.74) is 1.81. The van der Waals surface area contributed by atoms with Crippen LogP contribution in [0.3, 0.4) is 0 Å². The molecule has 1 aromatic heterocycles. The number of hydrogen-bond donors (Lipinski definition) is 1. The lowest BCUT2D eigenvalue weighted by Crippen LogP contribution is -2.42. The number of aromatic nitrogens is 1. The Bertz CT molecular complexity index is 678. The van der Waals surface area contributed by atoms with Crippen molar-refractivity contribution in [1.82, 2.24) is 10.1 Å². The Morgan fingerprint density at radius 3 is 2.48 bits per heavy atom. The van der Waals surface area contributed by atoms with Crippen molar-refractivity contribution in [1.29, 1.82) is 0 Å². The van der Waals surface area contributed by atoms with E-state index in [1.165, 1.54) is 16.7 Å². The van der Waals surface area contributed by atoms with E-state index in [4.69, 9.17) is 0 Å². The molecule has 2 aromatic rings. The Labute approximate surface area is 148 Å². The molecule has 6 nitrogen and oxygen atoms in total. The highest BCUT2D eigenvalue weighted by Gasteiger charge is 2.22. The van der Waals surface area contributed by atoms with Gasteiger partial charge in [0.2, 0.25) is 5.91 Å². The van der Waals surface area contributed by atoms with E-state index in [1.54, 1.807) is 6.07 Å². The first-order valence-corrected chi connectivity index (χ1v) is 8.61. The summed E-state index contributed by atoms with van der Waals surface area (Å²) in [5.74, 6) is -0.135. The monoisotopic (exact) mass is 343 g/mol. The summed E-state index contributed by atoms with van der Waals surface area (Å²) >= 11 is 0. The zero-order valence-electron chi connectivity index (χ0n) is 15.0. The van der Waals surface area contributed by atoms with Gasteiger partial charge in [0.05, 0.1) is 0 Å². The molecule has 1 heterocycles. The molecule has 0 spiro atoms. The Kier molecular flexibility index (Phi) is 6.74. The van der Waals surface area contributed by atoms with Crippen molar-refractivity contribution in [3.8, 4) is 0 Å². The van der Waals surface area contributed by atoms with Gasteiger partial charge in [-0.3, -0.25) is 9.59 Å². The predicted molar refractivity (Wildman–Crippen MR) is 96.4 cm³/mol. The first-order valence-electron chi connectivity index (χ1n) is 8.61. The van der Waals surface area contributed by atoms with Crippen LogP contribution in [-0.2, 0) is 11.2 Å². The van der Waals surface area contributed by atoms with Crippen LogP contribution < -0.4 is 5.32 Å². The second kappa shape index (κ2) is 9.01. The molecule has 1 N–H and O–H groups in total. The number of anilines is 1. The van der Waals surface area contributed by atoms with Crippen LogP contribution in [0.1, 0.15) is 49.5 Å². The number of aryl methyl sites for hydroxylation is 1. The van der Waals surface area contributed by atoms with E-state index in [1.807, 2.05) is 38.1 Å². The summed E-state index contributed by atoms with van der Waals surface area (Å²) in [7, 11) is 0. The van der Waals surface area contributed by atoms with Crippen molar-refractivity contribution in [2.75, 3.05) is 11.9 Å². The van der Waals surface area contributed by atoms with Gasteiger partial charge in [-0.05, 0) is 44.4 Å². The lowest BCUT2D eigenvalue weighted by Gasteiger charge is -2.26. The third-order valence-corrected chi connectivity index (χ3v) is 3.92. The molecule has 6 heteroatoms. The van der Waals surface area contributed by atoms with Gasteiger partial charge in [0, 0.05) is 17.7 Å². The SMILES string of the molecule is CCCCc1ccc(C(=O)N(CC(=O)Nc2ccon2)C(C)C)cc1. The molecule has 134 valence electrons. The molecule has 0 bridgehead atoms. The molecular formula is C19H25N3O3. The van der Waals surface area contributed by atoms with E-state index in [0.29, 0.717) is 11.4 Å². The Balaban J connectivity index is 2.03. The number of rotatable bonds is 8. The molecule has 0 aliphatic carbocycles. The van der Waals surface area contributed by atoms with Gasteiger partial charge in [-0.15, -0.1) is 0 Å². The van der Waals surface area contributed by atoms with Crippen LogP contribution in [0.15, 0.2) is 41.1 Å². The molecule has 0 unspecified atom stereocenters. The van der Waals surface area contributed by atoms with E-state index in [-0.39, 0.29) is 24.4 Å². The van der Waals surface area contributed by atoms with E-state index in [2.05, 4.69) is 21.9 Å². The van der Waals surface area contributed by atoms with Gasteiger partial charge >= 0.3 is 0 Å². The van der Waals surface area contributed by atoms with Gasteiger partial charge in [0.25, 0.3) is 5.91 Å². The largest absolute Gasteiger partial charge is 0.363 e. The second-order valence-electron chi connectivity index (χ2n) is 6.26. The van der Waals surface area contributed by atoms with Gasteiger partial charge in [-0.2, -0.15) is 0 Å². The van der Waals surface area contributed by atoms with Crippen molar-refractivity contribution < 1.29 is 14.1 Å². The number of nitrogens with one attached hydrogen (secondary N) is 1. The normalized spacial score (nSPS) is 10.7. The molecular weight excluding hydrogens is 318 g/mol. The van der Waals surface area contributed by atoms with Crippen LogP contribution in [0.2, 0.25) is 0 Å². The van der Waals surface area contributed by atoms with Crippen molar-refractivity contribution in [3.63, 3.8) is 0 Å². The summed E-state index contributed by atoms with van der Waals surface area (Å²) < 4.78 is 4.68. The fourth-order valence-electron chi connectivity index (χ4n) is 2.46. The molecule has 0 aliphatic heterocycles. The highest BCUT2D eigenvalue weighted by molar-refractivity contribution is 5.99. The maximum absolute atomic E-state index is 12.8. The third-order valence-electron chi connectivity index (χ3n) is 3.92. The maximum atomic E-state index is 12.8. The Hall–Kier alpha value is -2.63. The van der Waals surface area contributed by atoms with Crippen LogP contribution in [-0.4, -0.2) is 34.5 Å². The van der Waals surface area contributed by atoms with E-state index >= 15 is 0 Å². The minimum Gasteiger partial charge on any atom is -0.363 e. The first-order chi connectivity index (χ1) is 12.0. The van der Waals surface area contributed by atoms with Crippen molar-refractivity contribution >= 4 is 17.6 Å². The molecule has 0 aliphatic rings. The number of carbonyl (C=O) groups is 2. The molecule has 2 rings (SSSR count). The number of amides is 2. The third kappa shape index (κ3) is 5.45. The van der Waals surface area contributed by atoms with Gasteiger partial charge in [-0.25, -0.2) is 0 Å². The van der Waals surface area contributed by atoms with Crippen LogP contribution in [0.5, 0.6) is 0 Å². The van der Waals surface area contributed by atoms with Crippen molar-refractivity contribution in [2.45, 2.75) is 46.1 Å². The highest BCUT2D eigenvalue weighted by Crippen LogP contribution is 2.12. The van der Waals surface area contributed by atoms with Gasteiger partial charge in [0.15, 0.2) is 5.82 Å². The Morgan fingerprint density at radius 2 is 1.92 bits per heavy atom. The average Bonchev–Trinajstić information content (AvgIpc) is 3.10. The fraction of sp³-hybridized carbons (Fsp3) is 0.421. The standard InChI is InChI=1S/C19H25N3O3/c1-4-5-6-15-7-9-16(10-8-15)19(24)22(14(2)3)13-18(23)20-17-11-12-25-21-17/h7-12,14H,4-6,13H2,1-3H3,(H,20,21,23). The maximum Gasteiger partial charge on any atom is 0.254 e. The minimum absolute atomic E-state index is 0.0407. The zero-order valence-corrected chi connectivity index (χ0v) is 15.0. The van der Waals surface area contributed by atoms with Gasteiger partial charge in [0.1, 0.15) is 12.8 Å². The molecule has 1 aromatic carbocycles. The number of benzene rings is 1. The number of nitrogens with zero attached hydrogens (tertiary/aromatic N) is 2. The molecule has 0 saturated carbocycles. The second-order valence-corrected chi connectivity index (χ2v) is 6.26. The van der Waals surface area contributed by atoms with Crippen LogP contribution in [0.4, 0.5) is 5.82 Å². The summed E-state index contributed by atoms with van der Waals surface area (Å²) in [6.45, 7) is 5.89. The van der Waals surface area contributed by atoms with Gasteiger partial charge in [-0.1, -0.05) is 30.6 Å². The summed E-state index contributed by atoms with van der Waals surface area (Å²) in [6.07, 6.45) is 4.66.